The van der Waals surface area contributed by atoms with Gasteiger partial charge in [-0.1, -0.05) is 26.2 Å². The SMILES string of the molecule is CC(C)OCC1CCCC[C@@H]1C. The first-order chi connectivity index (χ1) is 5.70. The van der Waals surface area contributed by atoms with Crippen molar-refractivity contribution in [1.29, 1.82) is 0 Å². The third-order valence-corrected chi connectivity index (χ3v) is 2.93. The van der Waals surface area contributed by atoms with Crippen molar-refractivity contribution in [2.45, 2.75) is 52.6 Å². The summed E-state index contributed by atoms with van der Waals surface area (Å²) in [4.78, 5) is 0. The molecule has 0 heterocycles. The maximum atomic E-state index is 5.65. The first kappa shape index (κ1) is 10.0. The number of hydrogen-bond acceptors (Lipinski definition) is 1. The molecule has 0 radical (unpaired) electrons. The van der Waals surface area contributed by atoms with Gasteiger partial charge in [-0.15, -0.1) is 0 Å². The van der Waals surface area contributed by atoms with Crippen molar-refractivity contribution in [3.8, 4) is 0 Å². The molecule has 1 aliphatic carbocycles. The van der Waals surface area contributed by atoms with Gasteiger partial charge in [0.2, 0.25) is 0 Å². The summed E-state index contributed by atoms with van der Waals surface area (Å²) in [5, 5.41) is 0. The molecule has 1 aliphatic rings. The van der Waals surface area contributed by atoms with Gasteiger partial charge in [-0.05, 0) is 32.1 Å². The number of rotatable bonds is 3. The topological polar surface area (TPSA) is 9.23 Å². The molecule has 1 fully saturated rings. The second-order valence-electron chi connectivity index (χ2n) is 4.40. The molecule has 0 aromatic rings. The Morgan fingerprint density at radius 1 is 1.25 bits per heavy atom. The summed E-state index contributed by atoms with van der Waals surface area (Å²) in [5.41, 5.74) is 0. The Morgan fingerprint density at radius 2 is 1.92 bits per heavy atom. The smallest absolute Gasteiger partial charge is 0.0519 e. The van der Waals surface area contributed by atoms with Gasteiger partial charge in [-0.2, -0.15) is 0 Å². The maximum absolute atomic E-state index is 5.65. The zero-order valence-electron chi connectivity index (χ0n) is 8.68. The van der Waals surface area contributed by atoms with Gasteiger partial charge in [0.1, 0.15) is 0 Å². The monoisotopic (exact) mass is 170 g/mol. The Labute approximate surface area is 76.5 Å². The van der Waals surface area contributed by atoms with E-state index in [-0.39, 0.29) is 0 Å². The van der Waals surface area contributed by atoms with Crippen molar-refractivity contribution in [2.24, 2.45) is 11.8 Å². The molecule has 1 saturated carbocycles. The molecule has 72 valence electrons. The average molecular weight is 170 g/mol. The molecule has 0 bridgehead atoms. The fourth-order valence-corrected chi connectivity index (χ4v) is 1.96. The highest BCUT2D eigenvalue weighted by atomic mass is 16.5. The van der Waals surface area contributed by atoms with Crippen LogP contribution in [-0.4, -0.2) is 12.7 Å². The second-order valence-corrected chi connectivity index (χ2v) is 4.40. The van der Waals surface area contributed by atoms with Crippen LogP contribution in [0.15, 0.2) is 0 Å². The van der Waals surface area contributed by atoms with E-state index in [1.807, 2.05) is 0 Å². The van der Waals surface area contributed by atoms with E-state index in [0.717, 1.165) is 18.4 Å². The van der Waals surface area contributed by atoms with Crippen LogP contribution in [0, 0.1) is 11.8 Å². The summed E-state index contributed by atoms with van der Waals surface area (Å²) in [5.74, 6) is 1.72. The van der Waals surface area contributed by atoms with E-state index in [0.29, 0.717) is 6.10 Å². The van der Waals surface area contributed by atoms with E-state index in [9.17, 15) is 0 Å². The third-order valence-electron chi connectivity index (χ3n) is 2.93. The van der Waals surface area contributed by atoms with E-state index >= 15 is 0 Å². The predicted octanol–water partition coefficient (Wildman–Crippen LogP) is 3.24. The van der Waals surface area contributed by atoms with Crippen LogP contribution in [0.2, 0.25) is 0 Å². The minimum absolute atomic E-state index is 0.402. The zero-order chi connectivity index (χ0) is 8.97. The molecule has 12 heavy (non-hydrogen) atoms. The van der Waals surface area contributed by atoms with E-state index in [2.05, 4.69) is 20.8 Å². The van der Waals surface area contributed by atoms with Crippen LogP contribution >= 0.6 is 0 Å². The highest BCUT2D eigenvalue weighted by Gasteiger charge is 2.21. The van der Waals surface area contributed by atoms with Crippen LogP contribution in [0.25, 0.3) is 0 Å². The molecular weight excluding hydrogens is 148 g/mol. The van der Waals surface area contributed by atoms with Crippen molar-refractivity contribution in [1.82, 2.24) is 0 Å². The van der Waals surface area contributed by atoms with E-state index in [1.165, 1.54) is 25.7 Å². The van der Waals surface area contributed by atoms with Crippen LogP contribution in [0.1, 0.15) is 46.5 Å². The quantitative estimate of drug-likeness (QED) is 0.632. The highest BCUT2D eigenvalue weighted by molar-refractivity contribution is 4.71. The molecule has 1 heteroatoms. The fraction of sp³-hybridized carbons (Fsp3) is 1.00. The lowest BCUT2D eigenvalue weighted by molar-refractivity contribution is 0.0256. The first-order valence-electron chi connectivity index (χ1n) is 5.31. The van der Waals surface area contributed by atoms with Crippen molar-refractivity contribution in [3.05, 3.63) is 0 Å². The van der Waals surface area contributed by atoms with E-state index in [4.69, 9.17) is 4.74 Å². The third kappa shape index (κ3) is 3.14. The van der Waals surface area contributed by atoms with Crippen molar-refractivity contribution in [3.63, 3.8) is 0 Å². The van der Waals surface area contributed by atoms with Crippen LogP contribution < -0.4 is 0 Å². The molecule has 0 spiro atoms. The standard InChI is InChI=1S/C11H22O/c1-9(2)12-8-11-7-5-4-6-10(11)3/h9-11H,4-8H2,1-3H3/t10-,11?/m0/s1. The molecule has 1 unspecified atom stereocenters. The summed E-state index contributed by atoms with van der Waals surface area (Å²) in [6.45, 7) is 7.59. The molecule has 2 atom stereocenters. The largest absolute Gasteiger partial charge is 0.378 e. The number of hydrogen-bond donors (Lipinski definition) is 0. The molecular formula is C11H22O. The van der Waals surface area contributed by atoms with Gasteiger partial charge in [0.15, 0.2) is 0 Å². The Bertz CT molecular complexity index is 120. The minimum Gasteiger partial charge on any atom is -0.378 e. The summed E-state index contributed by atoms with van der Waals surface area (Å²) >= 11 is 0. The minimum atomic E-state index is 0.402. The van der Waals surface area contributed by atoms with Crippen LogP contribution in [0.5, 0.6) is 0 Å². The van der Waals surface area contributed by atoms with Crippen LogP contribution in [-0.2, 0) is 4.74 Å². The predicted molar refractivity (Wildman–Crippen MR) is 52.2 cm³/mol. The van der Waals surface area contributed by atoms with Crippen molar-refractivity contribution < 1.29 is 4.74 Å². The summed E-state index contributed by atoms with van der Waals surface area (Å²) in [6, 6.07) is 0. The average Bonchev–Trinajstić information content (AvgIpc) is 2.03. The Morgan fingerprint density at radius 3 is 2.50 bits per heavy atom. The fourth-order valence-electron chi connectivity index (χ4n) is 1.96. The molecule has 0 aliphatic heterocycles. The van der Waals surface area contributed by atoms with Crippen LogP contribution in [0.4, 0.5) is 0 Å². The lowest BCUT2D eigenvalue weighted by Crippen LogP contribution is -2.23. The summed E-state index contributed by atoms with van der Waals surface area (Å²) in [7, 11) is 0. The van der Waals surface area contributed by atoms with Gasteiger partial charge >= 0.3 is 0 Å². The highest BCUT2D eigenvalue weighted by Crippen LogP contribution is 2.29. The Balaban J connectivity index is 2.20. The molecule has 1 rings (SSSR count). The molecule has 0 N–H and O–H groups in total. The number of ether oxygens (including phenoxy) is 1. The van der Waals surface area contributed by atoms with Crippen molar-refractivity contribution in [2.75, 3.05) is 6.61 Å². The normalized spacial score (nSPS) is 31.0. The zero-order valence-corrected chi connectivity index (χ0v) is 8.68. The summed E-state index contributed by atoms with van der Waals surface area (Å²) in [6.07, 6.45) is 6.04. The van der Waals surface area contributed by atoms with Crippen molar-refractivity contribution >= 4 is 0 Å². The lowest BCUT2D eigenvalue weighted by atomic mass is 9.81. The van der Waals surface area contributed by atoms with Gasteiger partial charge in [0.05, 0.1) is 6.10 Å². The second kappa shape index (κ2) is 4.86. The molecule has 0 aromatic carbocycles. The lowest BCUT2D eigenvalue weighted by Gasteiger charge is -2.29. The molecule has 0 saturated heterocycles. The van der Waals surface area contributed by atoms with E-state index in [1.54, 1.807) is 0 Å². The first-order valence-corrected chi connectivity index (χ1v) is 5.31. The molecule has 0 amide bonds. The van der Waals surface area contributed by atoms with Gasteiger partial charge in [0.25, 0.3) is 0 Å². The van der Waals surface area contributed by atoms with Gasteiger partial charge in [0, 0.05) is 6.61 Å². The van der Waals surface area contributed by atoms with Gasteiger partial charge in [-0.3, -0.25) is 0 Å². The van der Waals surface area contributed by atoms with Gasteiger partial charge < -0.3 is 4.74 Å². The van der Waals surface area contributed by atoms with E-state index < -0.39 is 0 Å². The maximum Gasteiger partial charge on any atom is 0.0519 e. The Kier molecular flexibility index (Phi) is 4.07. The van der Waals surface area contributed by atoms with Gasteiger partial charge in [-0.25, -0.2) is 0 Å². The summed E-state index contributed by atoms with van der Waals surface area (Å²) < 4.78 is 5.65. The Hall–Kier alpha value is -0.0400. The molecule has 0 aromatic heterocycles. The van der Waals surface area contributed by atoms with Crippen LogP contribution in [0.3, 0.4) is 0 Å². The molecule has 1 nitrogen and oxygen atoms in total.